The lowest BCUT2D eigenvalue weighted by atomic mass is 10.1. The molecule has 1 aromatic rings. The van der Waals surface area contributed by atoms with E-state index in [2.05, 4.69) is 0 Å². The zero-order valence-electron chi connectivity index (χ0n) is 6.26. The summed E-state index contributed by atoms with van der Waals surface area (Å²) in [6.07, 6.45) is 2.24. The van der Waals surface area contributed by atoms with E-state index in [9.17, 15) is 4.79 Å². The van der Waals surface area contributed by atoms with Gasteiger partial charge < -0.3 is 4.42 Å². The van der Waals surface area contributed by atoms with Crippen molar-refractivity contribution in [2.75, 3.05) is 5.88 Å². The fourth-order valence-corrected chi connectivity index (χ4v) is 1.08. The molecule has 3 heteroatoms. The average molecular weight is 173 g/mol. The van der Waals surface area contributed by atoms with Crippen molar-refractivity contribution in [3.05, 3.63) is 23.7 Å². The lowest BCUT2D eigenvalue weighted by Crippen LogP contribution is -2.01. The highest BCUT2D eigenvalue weighted by atomic mass is 35.5. The van der Waals surface area contributed by atoms with Crippen molar-refractivity contribution in [2.24, 2.45) is 0 Å². The second-order valence-corrected chi connectivity index (χ2v) is 2.44. The topological polar surface area (TPSA) is 30.2 Å². The summed E-state index contributed by atoms with van der Waals surface area (Å²) in [4.78, 5) is 11.1. The summed E-state index contributed by atoms with van der Waals surface area (Å²) in [5.74, 6) is 0.667. The number of hydrogen-bond acceptors (Lipinski definition) is 2. The van der Waals surface area contributed by atoms with Crippen LogP contribution >= 0.6 is 11.6 Å². The third-order valence-corrected chi connectivity index (χ3v) is 1.73. The number of rotatable bonds is 3. The second kappa shape index (κ2) is 3.58. The molecule has 0 spiro atoms. The molecule has 0 atom stereocenters. The molecule has 0 amide bonds. The smallest absolute Gasteiger partial charge is 0.181 e. The molecule has 60 valence electrons. The van der Waals surface area contributed by atoms with Crippen molar-refractivity contribution >= 4 is 17.4 Å². The van der Waals surface area contributed by atoms with Gasteiger partial charge in [0.05, 0.1) is 17.7 Å². The highest BCUT2D eigenvalue weighted by molar-refractivity contribution is 6.30. The van der Waals surface area contributed by atoms with Crippen molar-refractivity contribution in [3.8, 4) is 0 Å². The van der Waals surface area contributed by atoms with Crippen LogP contribution in [-0.4, -0.2) is 11.7 Å². The Morgan fingerprint density at radius 1 is 1.73 bits per heavy atom. The molecule has 0 aromatic carbocycles. The van der Waals surface area contributed by atoms with Gasteiger partial charge in [-0.2, -0.15) is 0 Å². The van der Waals surface area contributed by atoms with E-state index in [1.807, 2.05) is 6.92 Å². The first kappa shape index (κ1) is 8.34. The van der Waals surface area contributed by atoms with Crippen molar-refractivity contribution in [2.45, 2.75) is 13.3 Å². The van der Waals surface area contributed by atoms with Crippen LogP contribution in [-0.2, 0) is 6.42 Å². The maximum absolute atomic E-state index is 11.1. The van der Waals surface area contributed by atoms with E-state index in [1.165, 1.54) is 6.26 Å². The lowest BCUT2D eigenvalue weighted by Gasteiger charge is -1.93. The third kappa shape index (κ3) is 1.63. The van der Waals surface area contributed by atoms with Gasteiger partial charge in [-0.05, 0) is 6.07 Å². The molecule has 0 N–H and O–H groups in total. The Hall–Kier alpha value is -0.760. The van der Waals surface area contributed by atoms with Crippen LogP contribution in [0.2, 0.25) is 0 Å². The van der Waals surface area contributed by atoms with Gasteiger partial charge in [-0.15, -0.1) is 11.6 Å². The molecular weight excluding hydrogens is 164 g/mol. The molecule has 2 nitrogen and oxygen atoms in total. The van der Waals surface area contributed by atoms with Crippen LogP contribution in [0.5, 0.6) is 0 Å². The van der Waals surface area contributed by atoms with Gasteiger partial charge in [0.1, 0.15) is 5.76 Å². The van der Waals surface area contributed by atoms with Crippen molar-refractivity contribution in [1.29, 1.82) is 0 Å². The summed E-state index contributed by atoms with van der Waals surface area (Å²) < 4.78 is 5.06. The fourth-order valence-electron chi connectivity index (χ4n) is 0.935. The highest BCUT2D eigenvalue weighted by Gasteiger charge is 2.10. The molecule has 0 radical (unpaired) electrons. The van der Waals surface area contributed by atoms with Gasteiger partial charge in [0.15, 0.2) is 5.78 Å². The Morgan fingerprint density at radius 3 is 3.00 bits per heavy atom. The van der Waals surface area contributed by atoms with Crippen LogP contribution in [0.25, 0.3) is 0 Å². The van der Waals surface area contributed by atoms with Gasteiger partial charge in [-0.3, -0.25) is 4.79 Å². The molecule has 0 saturated carbocycles. The predicted molar refractivity (Wildman–Crippen MR) is 43.1 cm³/mol. The number of alkyl halides is 1. The summed E-state index contributed by atoms with van der Waals surface area (Å²) >= 11 is 5.38. The maximum atomic E-state index is 11.1. The molecule has 0 bridgehead atoms. The highest BCUT2D eigenvalue weighted by Crippen LogP contribution is 2.12. The molecule has 0 aliphatic heterocycles. The molecule has 0 unspecified atom stereocenters. The zero-order chi connectivity index (χ0) is 8.27. The van der Waals surface area contributed by atoms with Gasteiger partial charge in [0.2, 0.25) is 0 Å². The molecule has 0 saturated heterocycles. The fraction of sp³-hybridized carbons (Fsp3) is 0.375. The van der Waals surface area contributed by atoms with Gasteiger partial charge in [0, 0.05) is 6.42 Å². The van der Waals surface area contributed by atoms with E-state index in [4.69, 9.17) is 16.0 Å². The number of carbonyl (C=O) groups excluding carboxylic acids is 1. The number of furan rings is 1. The first-order chi connectivity index (χ1) is 5.29. The van der Waals surface area contributed by atoms with Crippen molar-refractivity contribution in [1.82, 2.24) is 0 Å². The molecule has 1 aromatic heterocycles. The van der Waals surface area contributed by atoms with Crippen LogP contribution < -0.4 is 0 Å². The summed E-state index contributed by atoms with van der Waals surface area (Å²) in [5.41, 5.74) is 0.613. The lowest BCUT2D eigenvalue weighted by molar-refractivity contribution is 0.101. The summed E-state index contributed by atoms with van der Waals surface area (Å²) in [5, 5.41) is 0. The van der Waals surface area contributed by atoms with Crippen molar-refractivity contribution in [3.63, 3.8) is 0 Å². The Kier molecular flexibility index (Phi) is 2.71. The predicted octanol–water partition coefficient (Wildman–Crippen LogP) is 2.26. The Bertz CT molecular complexity index is 252. The SMILES string of the molecule is CCc1occc1C(=O)CCl. The molecule has 1 rings (SSSR count). The van der Waals surface area contributed by atoms with Crippen LogP contribution in [0, 0.1) is 0 Å². The van der Waals surface area contributed by atoms with E-state index in [1.54, 1.807) is 6.07 Å². The molecule has 0 aliphatic rings. The van der Waals surface area contributed by atoms with E-state index < -0.39 is 0 Å². The Balaban J connectivity index is 2.92. The minimum atomic E-state index is -0.0720. The number of Topliss-reactive ketones (excluding diaryl/α,β-unsaturated/α-hetero) is 1. The van der Waals surface area contributed by atoms with E-state index in [-0.39, 0.29) is 11.7 Å². The van der Waals surface area contributed by atoms with Crippen molar-refractivity contribution < 1.29 is 9.21 Å². The van der Waals surface area contributed by atoms with Gasteiger partial charge in [-0.1, -0.05) is 6.92 Å². The van der Waals surface area contributed by atoms with Crippen LogP contribution in [0.15, 0.2) is 16.7 Å². The number of halogens is 1. The number of carbonyl (C=O) groups is 1. The van der Waals surface area contributed by atoms with Crippen LogP contribution in [0.3, 0.4) is 0 Å². The minimum Gasteiger partial charge on any atom is -0.469 e. The second-order valence-electron chi connectivity index (χ2n) is 2.17. The van der Waals surface area contributed by atoms with Crippen LogP contribution in [0.4, 0.5) is 0 Å². The summed E-state index contributed by atoms with van der Waals surface area (Å²) in [6, 6.07) is 1.66. The zero-order valence-corrected chi connectivity index (χ0v) is 7.02. The Morgan fingerprint density at radius 2 is 2.45 bits per heavy atom. The van der Waals surface area contributed by atoms with E-state index in [0.29, 0.717) is 5.56 Å². The quantitative estimate of drug-likeness (QED) is 0.517. The van der Waals surface area contributed by atoms with Gasteiger partial charge >= 0.3 is 0 Å². The summed E-state index contributed by atoms with van der Waals surface area (Å²) in [7, 11) is 0. The molecule has 0 fully saturated rings. The molecule has 1 heterocycles. The monoisotopic (exact) mass is 172 g/mol. The summed E-state index contributed by atoms with van der Waals surface area (Å²) in [6.45, 7) is 1.93. The normalized spacial score (nSPS) is 10.0. The number of hydrogen-bond donors (Lipinski definition) is 0. The standard InChI is InChI=1S/C8H9ClO2/c1-2-8-6(3-4-11-8)7(10)5-9/h3-4H,2,5H2,1H3. The third-order valence-electron chi connectivity index (χ3n) is 1.49. The molecule has 11 heavy (non-hydrogen) atoms. The number of aryl methyl sites for hydroxylation is 1. The average Bonchev–Trinajstić information content (AvgIpc) is 2.50. The largest absolute Gasteiger partial charge is 0.469 e. The minimum absolute atomic E-state index is 0.0204. The van der Waals surface area contributed by atoms with E-state index >= 15 is 0 Å². The van der Waals surface area contributed by atoms with Crippen LogP contribution in [0.1, 0.15) is 23.0 Å². The Labute approximate surface area is 70.2 Å². The van der Waals surface area contributed by atoms with E-state index in [0.717, 1.165) is 12.2 Å². The molecular formula is C8H9ClO2. The van der Waals surface area contributed by atoms with Gasteiger partial charge in [-0.25, -0.2) is 0 Å². The first-order valence-electron chi connectivity index (χ1n) is 3.45. The maximum Gasteiger partial charge on any atom is 0.181 e. The van der Waals surface area contributed by atoms with Gasteiger partial charge in [0.25, 0.3) is 0 Å². The number of ketones is 1. The first-order valence-corrected chi connectivity index (χ1v) is 3.98. The molecule has 0 aliphatic carbocycles.